The van der Waals surface area contributed by atoms with Crippen molar-refractivity contribution in [3.63, 3.8) is 0 Å². The van der Waals surface area contributed by atoms with E-state index in [1.54, 1.807) is 36.0 Å². The zero-order valence-corrected chi connectivity index (χ0v) is 45.7. The number of carbonyl (C=O) groups is 5. The van der Waals surface area contributed by atoms with Gasteiger partial charge in [-0.3, -0.25) is 39.0 Å². The summed E-state index contributed by atoms with van der Waals surface area (Å²) < 4.78 is 12.3. The molecule has 15 nitrogen and oxygen atoms in total. The molecule has 1 unspecified atom stereocenters. The molecule has 0 spiro atoms. The first-order valence-corrected chi connectivity index (χ1v) is 24.9. The van der Waals surface area contributed by atoms with Crippen molar-refractivity contribution in [2.24, 2.45) is 7.05 Å². The van der Waals surface area contributed by atoms with Crippen molar-refractivity contribution in [3.05, 3.63) is 159 Å². The van der Waals surface area contributed by atoms with Crippen LogP contribution in [0.15, 0.2) is 95.9 Å². The molecule has 8 rings (SSSR count). The minimum absolute atomic E-state index is 0. The zero-order valence-electron chi connectivity index (χ0n) is 42.8. The quantitative estimate of drug-likeness (QED) is 0.0565. The second kappa shape index (κ2) is 26.5. The summed E-state index contributed by atoms with van der Waals surface area (Å²) in [6.45, 7) is 19.0. The third-order valence-corrected chi connectivity index (χ3v) is 13.4. The molecule has 3 aliphatic rings. The van der Waals surface area contributed by atoms with Gasteiger partial charge in [0.2, 0.25) is 11.8 Å². The normalized spacial score (nSPS) is 15.8. The first-order valence-electron chi connectivity index (χ1n) is 24.9. The Morgan fingerprint density at radius 1 is 0.849 bits per heavy atom. The summed E-state index contributed by atoms with van der Waals surface area (Å²) in [6.07, 6.45) is 6.00. The largest absolute Gasteiger partial charge is 0.411 e. The van der Waals surface area contributed by atoms with E-state index in [0.717, 1.165) is 73.3 Å². The second-order valence-corrected chi connectivity index (χ2v) is 19.5. The number of imide groups is 1. The Morgan fingerprint density at radius 2 is 1.55 bits per heavy atom. The predicted octanol–water partition coefficient (Wildman–Crippen LogP) is 6.94. The van der Waals surface area contributed by atoms with Gasteiger partial charge in [0.1, 0.15) is 11.7 Å². The molecule has 1 atom stereocenters. The van der Waals surface area contributed by atoms with Gasteiger partial charge in [-0.2, -0.15) is 24.3 Å². The Labute approximate surface area is 454 Å². The number of rotatable bonds is 17. The van der Waals surface area contributed by atoms with Gasteiger partial charge in [0.05, 0.1) is 18.9 Å². The standard InChI is InChI=1S/C44H56N5O5.C13H11N2O3.Y/c1-7-53-28-29-54-27-10-8-9-22-48-23-25-49(26-24-48)42(51)35-16-14-33(15-17-35)30-39-43(52)47(6)31-40(45-39)37-12-11-13-38(32(37)2)46-41(50)34-18-20-36(21-19-34)44(3,4)5;16-11-6-5-10(12(17)14-11)15-7-8-3-1-2-4-9(8)13(15)18;/h11-21,31H,1,7-10,22-30H2,2-6H3,(H,46,50);1-2,4,10H,5-7H2,(H,14,16,17);/q2*-1;. The van der Waals surface area contributed by atoms with Crippen LogP contribution in [0, 0.1) is 19.9 Å². The molecule has 3 aliphatic heterocycles. The molecule has 0 aliphatic carbocycles. The number of ether oxygens (including phenoxy) is 2. The third kappa shape index (κ3) is 15.0. The van der Waals surface area contributed by atoms with Gasteiger partial charge in [-0.05, 0) is 91.6 Å². The molecular formula is C57H67N7O8Y-2. The van der Waals surface area contributed by atoms with Crippen LogP contribution in [-0.4, -0.2) is 119 Å². The number of fused-ring (bicyclic) bond motifs is 1. The van der Waals surface area contributed by atoms with Crippen LogP contribution >= 0.6 is 0 Å². The number of anilines is 1. The Hall–Kier alpha value is -5.71. The second-order valence-electron chi connectivity index (χ2n) is 19.5. The van der Waals surface area contributed by atoms with Crippen LogP contribution in [0.4, 0.5) is 5.69 Å². The van der Waals surface area contributed by atoms with Crippen LogP contribution in [0.1, 0.15) is 112 Å². The van der Waals surface area contributed by atoms with E-state index >= 15 is 0 Å². The summed E-state index contributed by atoms with van der Waals surface area (Å²) in [7, 11) is 1.72. The number of benzene rings is 4. The smallest absolute Gasteiger partial charge is 0.272 e. The Morgan fingerprint density at radius 3 is 2.23 bits per heavy atom. The van der Waals surface area contributed by atoms with Crippen LogP contribution in [0.2, 0.25) is 0 Å². The molecule has 2 fully saturated rings. The Kier molecular flexibility index (Phi) is 20.5. The number of unbranched alkanes of at least 4 members (excludes halogenated alkanes) is 2. The summed E-state index contributed by atoms with van der Waals surface area (Å²) in [5.41, 5.74) is 7.92. The van der Waals surface area contributed by atoms with Gasteiger partial charge in [-0.1, -0.05) is 69.3 Å². The van der Waals surface area contributed by atoms with Crippen molar-refractivity contribution in [3.8, 4) is 11.3 Å². The van der Waals surface area contributed by atoms with Crippen LogP contribution in [0.5, 0.6) is 0 Å². The first-order chi connectivity index (χ1) is 34.6. The topological polar surface area (TPSA) is 172 Å². The fraction of sp³-hybridized carbons (Fsp3) is 0.404. The molecule has 0 bridgehead atoms. The van der Waals surface area contributed by atoms with Gasteiger partial charge >= 0.3 is 0 Å². The molecule has 1 aromatic heterocycles. The average molecular weight is 1070 g/mol. The molecule has 1 radical (unpaired) electrons. The van der Waals surface area contributed by atoms with Crippen molar-refractivity contribution in [2.45, 2.75) is 84.2 Å². The summed E-state index contributed by atoms with van der Waals surface area (Å²) in [4.78, 5) is 85.5. The minimum Gasteiger partial charge on any atom is -0.411 e. The van der Waals surface area contributed by atoms with E-state index in [2.05, 4.69) is 49.3 Å². The summed E-state index contributed by atoms with van der Waals surface area (Å²) in [5, 5.41) is 5.33. The van der Waals surface area contributed by atoms with Crippen LogP contribution in [0.25, 0.3) is 11.3 Å². The van der Waals surface area contributed by atoms with E-state index in [1.807, 2.05) is 78.6 Å². The number of piperazine rings is 1. The number of aryl methyl sites for hydroxylation is 1. The maximum absolute atomic E-state index is 13.3. The molecule has 73 heavy (non-hydrogen) atoms. The van der Waals surface area contributed by atoms with Gasteiger partial charge in [0, 0.05) is 121 Å². The van der Waals surface area contributed by atoms with E-state index in [4.69, 9.17) is 14.5 Å². The minimum atomic E-state index is -0.545. The van der Waals surface area contributed by atoms with E-state index in [-0.39, 0.29) is 79.6 Å². The van der Waals surface area contributed by atoms with E-state index < -0.39 is 6.04 Å². The summed E-state index contributed by atoms with van der Waals surface area (Å²) in [5.74, 6) is -0.970. The van der Waals surface area contributed by atoms with Gasteiger partial charge in [-0.25, -0.2) is 4.98 Å². The number of carbonyl (C=O) groups excluding carboxylic acids is 5. The maximum atomic E-state index is 13.3. The number of piperidine rings is 1. The van der Waals surface area contributed by atoms with Crippen molar-refractivity contribution >= 4 is 35.2 Å². The van der Waals surface area contributed by atoms with Crippen LogP contribution in [0.3, 0.4) is 0 Å². The fourth-order valence-electron chi connectivity index (χ4n) is 9.06. The van der Waals surface area contributed by atoms with Crippen molar-refractivity contribution in [1.82, 2.24) is 29.6 Å². The SMILES string of the molecule is O=C1CCC(N2Cc3[c-]cccc3C2=O)C(=O)N1.[CH2-]COCCOCCCCCN1CCN(C(=O)c2ccc(Cc3nc(-c4cccc(NC(=O)c5ccc(C(C)(C)C)cc5)c4C)cn(C)c3=O)cc2)CC1.[Y]. The summed E-state index contributed by atoms with van der Waals surface area (Å²) >= 11 is 0. The van der Waals surface area contributed by atoms with E-state index in [9.17, 15) is 28.8 Å². The third-order valence-electron chi connectivity index (χ3n) is 13.4. The molecule has 4 aromatic carbocycles. The van der Waals surface area contributed by atoms with Gasteiger partial charge < -0.3 is 36.1 Å². The number of hydrogen-bond donors (Lipinski definition) is 2. The van der Waals surface area contributed by atoms with Gasteiger partial charge in [0.25, 0.3) is 17.4 Å². The monoisotopic (exact) mass is 1070 g/mol. The molecule has 2 saturated heterocycles. The molecule has 5 aromatic rings. The molecule has 5 amide bonds. The first kappa shape index (κ1) is 56.6. The number of nitrogens with one attached hydrogen (secondary N) is 2. The number of amides is 5. The number of nitrogens with zero attached hydrogens (tertiary/aromatic N) is 5. The number of aromatic nitrogens is 2. The molecular weight excluding hydrogens is 1000 g/mol. The Bertz CT molecular complexity index is 2780. The van der Waals surface area contributed by atoms with E-state index in [1.165, 1.54) is 4.90 Å². The van der Waals surface area contributed by atoms with Crippen LogP contribution in [-0.2, 0) is 77.2 Å². The summed E-state index contributed by atoms with van der Waals surface area (Å²) in [6, 6.07) is 28.6. The fourth-order valence-corrected chi connectivity index (χ4v) is 9.06. The van der Waals surface area contributed by atoms with Crippen molar-refractivity contribution in [2.75, 3.05) is 64.5 Å². The molecule has 4 heterocycles. The van der Waals surface area contributed by atoms with E-state index in [0.29, 0.717) is 86.1 Å². The number of hydrogen-bond acceptors (Lipinski definition) is 10. The predicted molar refractivity (Wildman–Crippen MR) is 277 cm³/mol. The van der Waals surface area contributed by atoms with Crippen molar-refractivity contribution < 1.29 is 66.2 Å². The van der Waals surface area contributed by atoms with Gasteiger partial charge in [-0.15, -0.1) is 5.56 Å². The van der Waals surface area contributed by atoms with Crippen LogP contribution < -0.4 is 16.2 Å². The van der Waals surface area contributed by atoms with Crippen molar-refractivity contribution in [1.29, 1.82) is 0 Å². The zero-order chi connectivity index (χ0) is 51.4. The molecule has 16 heteroatoms. The molecule has 0 saturated carbocycles. The average Bonchev–Trinajstić information content (AvgIpc) is 3.70. The maximum Gasteiger partial charge on any atom is 0.272 e. The van der Waals surface area contributed by atoms with Gasteiger partial charge in [0.15, 0.2) is 5.91 Å². The molecule has 383 valence electrons. The Balaban J connectivity index is 0.000000381. The molecule has 2 N–H and O–H groups in total.